The number of fused-ring (bicyclic) bond motifs is 1. The number of allylic oxidation sites excluding steroid dienone is 4. The van der Waals surface area contributed by atoms with Crippen LogP contribution in [0.3, 0.4) is 0 Å². The van der Waals surface area contributed by atoms with E-state index < -0.39 is 0 Å². The van der Waals surface area contributed by atoms with Crippen molar-refractivity contribution in [3.8, 4) is 0 Å². The normalized spacial score (nSPS) is 42.0. The summed E-state index contributed by atoms with van der Waals surface area (Å²) in [6.45, 7) is 4.69. The van der Waals surface area contributed by atoms with Crippen molar-refractivity contribution in [2.75, 3.05) is 0 Å². The van der Waals surface area contributed by atoms with Gasteiger partial charge in [-0.3, -0.25) is 0 Å². The lowest BCUT2D eigenvalue weighted by Crippen LogP contribution is -2.22. The SMILES string of the molecule is C[C@H]1CCC2(C)C=CCC1=C2. The van der Waals surface area contributed by atoms with Crippen molar-refractivity contribution in [3.63, 3.8) is 0 Å². The maximum atomic E-state index is 2.49. The van der Waals surface area contributed by atoms with E-state index in [1.807, 2.05) is 0 Å². The summed E-state index contributed by atoms with van der Waals surface area (Å²) in [5.41, 5.74) is 2.08. The second kappa shape index (κ2) is 2.23. The molecule has 0 aromatic carbocycles. The van der Waals surface area contributed by atoms with Crippen LogP contribution in [0.15, 0.2) is 23.8 Å². The van der Waals surface area contributed by atoms with Crippen LogP contribution >= 0.6 is 0 Å². The molecule has 11 heavy (non-hydrogen) atoms. The van der Waals surface area contributed by atoms with Gasteiger partial charge in [-0.2, -0.15) is 0 Å². The van der Waals surface area contributed by atoms with Gasteiger partial charge in [-0.1, -0.05) is 37.6 Å². The second-order valence-electron chi connectivity index (χ2n) is 4.27. The monoisotopic (exact) mass is 148 g/mol. The zero-order valence-corrected chi connectivity index (χ0v) is 7.43. The molecule has 0 aliphatic heterocycles. The minimum absolute atomic E-state index is 0.417. The Labute approximate surface area is 69.0 Å². The fourth-order valence-electron chi connectivity index (χ4n) is 2.21. The lowest BCUT2D eigenvalue weighted by molar-refractivity contribution is 0.384. The first-order valence-electron chi connectivity index (χ1n) is 4.59. The predicted octanol–water partition coefficient (Wildman–Crippen LogP) is 3.31. The molecule has 0 heterocycles. The summed E-state index contributed by atoms with van der Waals surface area (Å²) >= 11 is 0. The third-order valence-corrected chi connectivity index (χ3v) is 3.12. The molecule has 0 aromatic heterocycles. The average Bonchev–Trinajstić information content (AvgIpc) is 1.99. The highest BCUT2D eigenvalue weighted by atomic mass is 14.3. The van der Waals surface area contributed by atoms with E-state index in [-0.39, 0.29) is 0 Å². The molecule has 0 N–H and O–H groups in total. The summed E-state index contributed by atoms with van der Waals surface area (Å²) in [5.74, 6) is 0.841. The summed E-state index contributed by atoms with van der Waals surface area (Å²) in [4.78, 5) is 0. The first-order valence-corrected chi connectivity index (χ1v) is 4.59. The van der Waals surface area contributed by atoms with Crippen LogP contribution in [0.2, 0.25) is 0 Å². The van der Waals surface area contributed by atoms with Gasteiger partial charge in [0.25, 0.3) is 0 Å². The molecule has 2 aliphatic rings. The average molecular weight is 148 g/mol. The summed E-state index contributed by atoms with van der Waals surface area (Å²) in [7, 11) is 0. The van der Waals surface area contributed by atoms with Crippen LogP contribution in [-0.2, 0) is 0 Å². The Bertz CT molecular complexity index is 222. The molecule has 0 spiro atoms. The quantitative estimate of drug-likeness (QED) is 0.462. The van der Waals surface area contributed by atoms with Gasteiger partial charge >= 0.3 is 0 Å². The van der Waals surface area contributed by atoms with Gasteiger partial charge in [0, 0.05) is 5.41 Å². The Morgan fingerprint density at radius 3 is 3.09 bits per heavy atom. The molecule has 1 unspecified atom stereocenters. The highest BCUT2D eigenvalue weighted by Gasteiger charge is 2.28. The van der Waals surface area contributed by atoms with Crippen molar-refractivity contribution in [1.29, 1.82) is 0 Å². The molecule has 0 heteroatoms. The molecule has 0 nitrogen and oxygen atoms in total. The molecule has 0 amide bonds. The summed E-state index contributed by atoms with van der Waals surface area (Å²) in [5, 5.41) is 0. The molecule has 2 aliphatic carbocycles. The molecule has 0 radical (unpaired) electrons. The Morgan fingerprint density at radius 2 is 2.36 bits per heavy atom. The number of rotatable bonds is 0. The highest BCUT2D eigenvalue weighted by molar-refractivity contribution is 5.27. The van der Waals surface area contributed by atoms with E-state index in [0.29, 0.717) is 5.41 Å². The van der Waals surface area contributed by atoms with Crippen LogP contribution in [0.1, 0.15) is 33.1 Å². The van der Waals surface area contributed by atoms with Crippen LogP contribution in [0.5, 0.6) is 0 Å². The maximum Gasteiger partial charge on any atom is 0.00359 e. The van der Waals surface area contributed by atoms with Crippen molar-refractivity contribution in [2.45, 2.75) is 33.1 Å². The summed E-state index contributed by atoms with van der Waals surface area (Å²) < 4.78 is 0. The molecule has 0 saturated carbocycles. The molecule has 60 valence electrons. The van der Waals surface area contributed by atoms with Crippen molar-refractivity contribution in [2.24, 2.45) is 11.3 Å². The molecule has 0 aromatic rings. The maximum absolute atomic E-state index is 2.49. The van der Waals surface area contributed by atoms with Gasteiger partial charge in [-0.25, -0.2) is 0 Å². The van der Waals surface area contributed by atoms with E-state index in [4.69, 9.17) is 0 Å². The van der Waals surface area contributed by atoms with Crippen molar-refractivity contribution < 1.29 is 0 Å². The zero-order chi connectivity index (χ0) is 7.90. The Morgan fingerprint density at radius 1 is 1.55 bits per heavy atom. The van der Waals surface area contributed by atoms with E-state index in [2.05, 4.69) is 32.1 Å². The fraction of sp³-hybridized carbons (Fsp3) is 0.636. The second-order valence-corrected chi connectivity index (χ2v) is 4.27. The van der Waals surface area contributed by atoms with Crippen LogP contribution in [0, 0.1) is 11.3 Å². The van der Waals surface area contributed by atoms with Gasteiger partial charge in [-0.15, -0.1) is 0 Å². The van der Waals surface area contributed by atoms with Crippen LogP contribution in [0.25, 0.3) is 0 Å². The van der Waals surface area contributed by atoms with Crippen molar-refractivity contribution in [3.05, 3.63) is 23.8 Å². The smallest absolute Gasteiger partial charge is 0.00359 e. The van der Waals surface area contributed by atoms with Gasteiger partial charge in [0.2, 0.25) is 0 Å². The summed E-state index contributed by atoms with van der Waals surface area (Å²) in [6.07, 6.45) is 11.1. The highest BCUT2D eigenvalue weighted by Crippen LogP contribution is 2.42. The topological polar surface area (TPSA) is 0 Å². The van der Waals surface area contributed by atoms with E-state index in [9.17, 15) is 0 Å². The predicted molar refractivity (Wildman–Crippen MR) is 48.3 cm³/mol. The van der Waals surface area contributed by atoms with Crippen molar-refractivity contribution in [1.82, 2.24) is 0 Å². The minimum atomic E-state index is 0.417. The standard InChI is InChI=1S/C11H16/c1-9-5-7-11(2)6-3-4-10(9)8-11/h3,6,8-9H,4-5,7H2,1-2H3/t9-,11?/m0/s1. The molecule has 0 saturated heterocycles. The van der Waals surface area contributed by atoms with E-state index in [1.165, 1.54) is 19.3 Å². The van der Waals surface area contributed by atoms with E-state index in [0.717, 1.165) is 5.92 Å². The third kappa shape index (κ3) is 1.15. The molecular weight excluding hydrogens is 132 g/mol. The fourth-order valence-corrected chi connectivity index (χ4v) is 2.21. The zero-order valence-electron chi connectivity index (χ0n) is 7.43. The molecule has 0 fully saturated rings. The Balaban J connectivity index is 2.33. The van der Waals surface area contributed by atoms with Crippen LogP contribution in [-0.4, -0.2) is 0 Å². The first kappa shape index (κ1) is 7.15. The largest absolute Gasteiger partial charge is 0.0836 e. The van der Waals surface area contributed by atoms with Gasteiger partial charge in [0.05, 0.1) is 0 Å². The molecule has 2 atom stereocenters. The molecule has 2 rings (SSSR count). The van der Waals surface area contributed by atoms with Crippen LogP contribution < -0.4 is 0 Å². The van der Waals surface area contributed by atoms with Crippen molar-refractivity contribution >= 4 is 0 Å². The lowest BCUT2D eigenvalue weighted by atomic mass is 9.70. The Hall–Kier alpha value is -0.520. The summed E-state index contributed by atoms with van der Waals surface area (Å²) in [6, 6.07) is 0. The first-order chi connectivity index (χ1) is 5.20. The van der Waals surface area contributed by atoms with Crippen LogP contribution in [0.4, 0.5) is 0 Å². The van der Waals surface area contributed by atoms with Gasteiger partial charge in [0.1, 0.15) is 0 Å². The van der Waals surface area contributed by atoms with Gasteiger partial charge < -0.3 is 0 Å². The Kier molecular flexibility index (Phi) is 1.45. The number of hydrogen-bond acceptors (Lipinski definition) is 0. The lowest BCUT2D eigenvalue weighted by Gasteiger charge is -2.35. The third-order valence-electron chi connectivity index (χ3n) is 3.12. The van der Waals surface area contributed by atoms with E-state index in [1.54, 1.807) is 5.57 Å². The molecular formula is C11H16. The van der Waals surface area contributed by atoms with Gasteiger partial charge in [0.15, 0.2) is 0 Å². The van der Waals surface area contributed by atoms with Gasteiger partial charge in [-0.05, 0) is 25.2 Å². The minimum Gasteiger partial charge on any atom is -0.0836 e. The number of hydrogen-bond donors (Lipinski definition) is 0. The molecule has 2 bridgehead atoms. The van der Waals surface area contributed by atoms with E-state index >= 15 is 0 Å².